The minimum atomic E-state index is -1.18. The molecule has 0 fully saturated rings. The van der Waals surface area contributed by atoms with E-state index in [-0.39, 0.29) is 59.0 Å². The number of carboxylic acid groups (broad SMARTS) is 3. The van der Waals surface area contributed by atoms with Gasteiger partial charge in [-0.3, -0.25) is 4.79 Å². The quantitative estimate of drug-likeness (QED) is 0.332. The van der Waals surface area contributed by atoms with E-state index in [1.54, 1.807) is 0 Å². The van der Waals surface area contributed by atoms with Gasteiger partial charge in [-0.15, -0.1) is 5.75 Å². The zero-order valence-electron chi connectivity index (χ0n) is 7.91. The summed E-state index contributed by atoms with van der Waals surface area (Å²) in [6.45, 7) is 0. The van der Waals surface area contributed by atoms with Crippen LogP contribution in [0.2, 0.25) is 0 Å². The van der Waals surface area contributed by atoms with E-state index in [4.69, 9.17) is 15.0 Å². The van der Waals surface area contributed by atoms with Crippen LogP contribution in [-0.2, 0) is 27.0 Å². The molecule has 0 aliphatic rings. The van der Waals surface area contributed by atoms with Crippen molar-refractivity contribution in [1.82, 2.24) is 0 Å². The number of thiol groups is 2. The summed E-state index contributed by atoms with van der Waals surface area (Å²) in [5, 5.41) is 26.0. The fourth-order valence-corrected chi connectivity index (χ4v) is 0. The number of hydrogen-bond donors (Lipinski definition) is 3. The first-order valence-electron chi connectivity index (χ1n) is 3.23. The number of rotatable bonds is 3. The third-order valence-electron chi connectivity index (χ3n) is 0.382. The van der Waals surface area contributed by atoms with E-state index in [2.05, 4.69) is 37.9 Å². The van der Waals surface area contributed by atoms with Crippen LogP contribution in [0, 0.1) is 41.7 Å². The van der Waals surface area contributed by atoms with E-state index in [1.807, 2.05) is 0 Å². The molecule has 0 aromatic rings. The van der Waals surface area contributed by atoms with Crippen molar-refractivity contribution in [2.24, 2.45) is 0 Å². The largest absolute Gasteiger partial charge is 3.00 e. The summed E-state index contributed by atoms with van der Waals surface area (Å²) in [6, 6.07) is 0. The van der Waals surface area contributed by atoms with Crippen LogP contribution in [0.15, 0.2) is 0 Å². The normalized spacial score (nSPS) is 6.94. The van der Waals surface area contributed by atoms with Gasteiger partial charge in [-0.05, 0) is 0 Å². The summed E-state index contributed by atoms with van der Waals surface area (Å²) in [6.07, 6.45) is 0. The second kappa shape index (κ2) is 21.2. The fraction of sp³-hybridized carbons (Fsp3) is 0.500. The number of hydrogen-bond acceptors (Lipinski definition) is 8. The summed E-state index contributed by atoms with van der Waals surface area (Å²) < 4.78 is 0. The van der Waals surface area contributed by atoms with E-state index in [0.29, 0.717) is 0 Å². The summed E-state index contributed by atoms with van der Waals surface area (Å²) in [5.41, 5.74) is 0. The Morgan fingerprint density at radius 2 is 1.25 bits per heavy atom. The maximum absolute atomic E-state index is 9.29. The molecule has 0 saturated heterocycles. The predicted molar refractivity (Wildman–Crippen MR) is 57.6 cm³/mol. The van der Waals surface area contributed by atoms with Gasteiger partial charge < -0.3 is 37.5 Å². The Balaban J connectivity index is -0.0000000655. The van der Waals surface area contributed by atoms with E-state index >= 15 is 0 Å². The Kier molecular flexibility index (Phi) is 33.9. The first kappa shape index (κ1) is 25.6. The van der Waals surface area contributed by atoms with Crippen molar-refractivity contribution in [3.63, 3.8) is 0 Å². The van der Waals surface area contributed by atoms with Crippen LogP contribution in [-0.4, -0.2) is 40.3 Å². The SMILES string of the molecule is O=C(O)CS.O=C([O-])CS.O=C([O-])C[S-].[Ce+3]. The van der Waals surface area contributed by atoms with Crippen LogP contribution in [0.3, 0.4) is 0 Å². The van der Waals surface area contributed by atoms with Crippen LogP contribution in [0.1, 0.15) is 0 Å². The molecule has 0 aromatic carbocycles. The Bertz CT molecular complexity index is 167. The molecule has 1 N–H and O–H groups in total. The average Bonchev–Trinajstić information content (AvgIpc) is 2.19. The van der Waals surface area contributed by atoms with Gasteiger partial charge in [0.25, 0.3) is 0 Å². The molecule has 16 heavy (non-hydrogen) atoms. The van der Waals surface area contributed by atoms with Crippen molar-refractivity contribution in [1.29, 1.82) is 0 Å². The smallest absolute Gasteiger partial charge is 0.787 e. The van der Waals surface area contributed by atoms with Crippen LogP contribution < -0.4 is 10.2 Å². The van der Waals surface area contributed by atoms with Crippen molar-refractivity contribution in [2.45, 2.75) is 0 Å². The number of carboxylic acids is 3. The van der Waals surface area contributed by atoms with Gasteiger partial charge in [-0.2, -0.15) is 25.3 Å². The molecule has 0 bridgehead atoms. The molecular weight excluding hydrogens is 404 g/mol. The fourth-order valence-electron chi connectivity index (χ4n) is 0. The zero-order chi connectivity index (χ0) is 12.9. The van der Waals surface area contributed by atoms with Gasteiger partial charge in [0, 0.05) is 11.7 Å². The van der Waals surface area contributed by atoms with Crippen LogP contribution in [0.5, 0.6) is 0 Å². The monoisotopic (exact) mass is 413 g/mol. The van der Waals surface area contributed by atoms with Crippen LogP contribution >= 0.6 is 25.3 Å². The standard InChI is InChI=1S/3C2H4O2S.Ce/c3*3-2(4)1-5;/h3*5H,1H2,(H,3,4);/q;;;+3/p-3. The summed E-state index contributed by atoms with van der Waals surface area (Å²) in [4.78, 5) is 27.6. The third kappa shape index (κ3) is 60.8. The molecule has 0 atom stereocenters. The molecule has 10 heteroatoms. The molecule has 1 radical (unpaired) electrons. The molecule has 0 amide bonds. The number of carbonyl (C=O) groups is 3. The molecule has 0 aliphatic heterocycles. The summed E-state index contributed by atoms with van der Waals surface area (Å²) >= 11 is 10.8. The average molecular weight is 413 g/mol. The van der Waals surface area contributed by atoms with Crippen molar-refractivity contribution in [3.05, 3.63) is 0 Å². The Labute approximate surface area is 143 Å². The first-order chi connectivity index (χ1) is 6.81. The van der Waals surface area contributed by atoms with Crippen molar-refractivity contribution < 1.29 is 71.5 Å². The topological polar surface area (TPSA) is 118 Å². The molecule has 91 valence electrons. The third-order valence-corrected chi connectivity index (χ3v) is 1.15. The van der Waals surface area contributed by atoms with E-state index in [1.165, 1.54) is 0 Å². The molecule has 0 heterocycles. The molecule has 0 aromatic heterocycles. The number of carbonyl (C=O) groups excluding carboxylic acids is 2. The predicted octanol–water partition coefficient (Wildman–Crippen LogP) is -3.05. The summed E-state index contributed by atoms with van der Waals surface area (Å²) in [7, 11) is 0. The minimum absolute atomic E-state index is 0. The second-order valence-corrected chi connectivity index (χ2v) is 2.52. The van der Waals surface area contributed by atoms with E-state index in [0.717, 1.165) is 0 Å². The molecule has 0 unspecified atom stereocenters. The number of aliphatic carboxylic acids is 3. The van der Waals surface area contributed by atoms with Gasteiger partial charge in [0.05, 0.1) is 11.7 Å². The molecule has 6 nitrogen and oxygen atoms in total. The minimum Gasteiger partial charge on any atom is -0.787 e. The molecular formula is C6H9CeO6S3. The van der Waals surface area contributed by atoms with Gasteiger partial charge in [-0.1, -0.05) is 0 Å². The van der Waals surface area contributed by atoms with Crippen molar-refractivity contribution in [2.75, 3.05) is 17.3 Å². The Morgan fingerprint density at radius 3 is 1.25 bits per heavy atom. The van der Waals surface area contributed by atoms with E-state index < -0.39 is 17.9 Å². The van der Waals surface area contributed by atoms with Gasteiger partial charge in [-0.25, -0.2) is 0 Å². The Hall–Kier alpha value is 0.837. The van der Waals surface area contributed by atoms with E-state index in [9.17, 15) is 14.7 Å². The maximum atomic E-state index is 9.29. The van der Waals surface area contributed by atoms with Gasteiger partial charge in [0.2, 0.25) is 0 Å². The molecule has 0 spiro atoms. The molecule has 0 rings (SSSR count). The summed E-state index contributed by atoms with van der Waals surface area (Å²) in [5.74, 6) is -3.78. The van der Waals surface area contributed by atoms with Gasteiger partial charge in [0.15, 0.2) is 0 Å². The van der Waals surface area contributed by atoms with Gasteiger partial charge in [0.1, 0.15) is 0 Å². The zero-order valence-corrected chi connectivity index (χ0v) is 13.7. The van der Waals surface area contributed by atoms with Crippen molar-refractivity contribution in [3.8, 4) is 0 Å². The maximum Gasteiger partial charge on any atom is 3.00 e. The van der Waals surface area contributed by atoms with Crippen molar-refractivity contribution >= 4 is 55.8 Å². The van der Waals surface area contributed by atoms with Crippen LogP contribution in [0.4, 0.5) is 0 Å². The second-order valence-electron chi connectivity index (χ2n) is 1.60. The molecule has 0 aliphatic carbocycles. The van der Waals surface area contributed by atoms with Crippen LogP contribution in [0.25, 0.3) is 0 Å². The Morgan fingerprint density at radius 1 is 1.06 bits per heavy atom. The van der Waals surface area contributed by atoms with Gasteiger partial charge >= 0.3 is 47.7 Å². The first-order valence-corrected chi connectivity index (χ1v) is 5.07. The molecule has 0 saturated carbocycles.